The Balaban J connectivity index is 3.13. The van der Waals surface area contributed by atoms with Crippen molar-refractivity contribution in [3.63, 3.8) is 0 Å². The van der Waals surface area contributed by atoms with Crippen molar-refractivity contribution in [3.8, 4) is 0 Å². The number of hydrogen-bond acceptors (Lipinski definition) is 3. The van der Waals surface area contributed by atoms with Gasteiger partial charge in [-0.2, -0.15) is 0 Å². The quantitative estimate of drug-likeness (QED) is 0.842. The fourth-order valence-electron chi connectivity index (χ4n) is 1.98. The predicted molar refractivity (Wildman–Crippen MR) is 73.6 cm³/mol. The van der Waals surface area contributed by atoms with Gasteiger partial charge in [-0.1, -0.05) is 19.4 Å². The smallest absolute Gasteiger partial charge is 0.243 e. The Morgan fingerprint density at radius 2 is 2.00 bits per heavy atom. The minimum Gasteiger partial charge on any atom is -0.326 e. The van der Waals surface area contributed by atoms with Crippen molar-refractivity contribution in [2.45, 2.75) is 50.6 Å². The molecule has 0 atom stereocenters. The maximum absolute atomic E-state index is 13.7. The summed E-state index contributed by atoms with van der Waals surface area (Å²) in [4.78, 5) is -0.348. The summed E-state index contributed by atoms with van der Waals surface area (Å²) in [7, 11) is -3.88. The van der Waals surface area contributed by atoms with Crippen LogP contribution in [0.5, 0.6) is 0 Å². The lowest BCUT2D eigenvalue weighted by atomic mass is 10.0. The van der Waals surface area contributed by atoms with Gasteiger partial charge in [-0.05, 0) is 38.0 Å². The molecule has 1 aromatic carbocycles. The lowest BCUT2D eigenvalue weighted by Crippen LogP contribution is -2.43. The highest BCUT2D eigenvalue weighted by molar-refractivity contribution is 7.89. The lowest BCUT2D eigenvalue weighted by molar-refractivity contribution is 0.416. The minimum atomic E-state index is -3.88. The van der Waals surface area contributed by atoms with E-state index in [9.17, 15) is 12.8 Å². The number of sulfonamides is 1. The Labute approximate surface area is 114 Å². The highest BCUT2D eigenvalue weighted by Gasteiger charge is 2.27. The number of rotatable bonds is 6. The summed E-state index contributed by atoms with van der Waals surface area (Å²) in [6.45, 7) is 5.68. The van der Waals surface area contributed by atoms with Crippen LogP contribution >= 0.6 is 0 Å². The van der Waals surface area contributed by atoms with Crippen LogP contribution in [0.2, 0.25) is 0 Å². The van der Waals surface area contributed by atoms with Crippen LogP contribution in [0.3, 0.4) is 0 Å². The highest BCUT2D eigenvalue weighted by Crippen LogP contribution is 2.20. The maximum Gasteiger partial charge on any atom is 0.243 e. The van der Waals surface area contributed by atoms with Gasteiger partial charge in [-0.15, -0.1) is 0 Å². The fourth-order valence-corrected chi connectivity index (χ4v) is 3.55. The van der Waals surface area contributed by atoms with E-state index in [1.165, 1.54) is 12.1 Å². The summed E-state index contributed by atoms with van der Waals surface area (Å²) in [6.07, 6.45) is 1.51. The normalized spacial score (nSPS) is 12.7. The molecule has 0 aliphatic carbocycles. The first kappa shape index (κ1) is 16.1. The highest BCUT2D eigenvalue weighted by atomic mass is 32.2. The van der Waals surface area contributed by atoms with Gasteiger partial charge in [0.25, 0.3) is 0 Å². The standard InChI is InChI=1S/C13H21FN2O2S/c1-4-7-13(2,3)16-19(17,18)12-8-10(9-15)5-6-11(12)14/h5-6,8,16H,4,7,9,15H2,1-3H3. The largest absolute Gasteiger partial charge is 0.326 e. The summed E-state index contributed by atoms with van der Waals surface area (Å²) >= 11 is 0. The first-order chi connectivity index (χ1) is 8.72. The zero-order valence-corrected chi connectivity index (χ0v) is 12.3. The van der Waals surface area contributed by atoms with E-state index in [4.69, 9.17) is 5.73 Å². The molecular formula is C13H21FN2O2S. The van der Waals surface area contributed by atoms with Gasteiger partial charge < -0.3 is 5.73 Å². The van der Waals surface area contributed by atoms with Gasteiger partial charge in [0.1, 0.15) is 10.7 Å². The molecule has 0 aromatic heterocycles. The van der Waals surface area contributed by atoms with Crippen molar-refractivity contribution in [2.75, 3.05) is 0 Å². The van der Waals surface area contributed by atoms with E-state index >= 15 is 0 Å². The van der Waals surface area contributed by atoms with E-state index in [0.717, 1.165) is 12.5 Å². The average molecular weight is 288 g/mol. The van der Waals surface area contributed by atoms with Crippen LogP contribution in [-0.2, 0) is 16.6 Å². The van der Waals surface area contributed by atoms with Crippen molar-refractivity contribution >= 4 is 10.0 Å². The second-order valence-corrected chi connectivity index (χ2v) is 6.86. The Morgan fingerprint density at radius 3 is 2.53 bits per heavy atom. The topological polar surface area (TPSA) is 72.2 Å². The van der Waals surface area contributed by atoms with Crippen molar-refractivity contribution in [1.29, 1.82) is 0 Å². The van der Waals surface area contributed by atoms with Gasteiger partial charge in [-0.3, -0.25) is 0 Å². The molecule has 0 spiro atoms. The van der Waals surface area contributed by atoms with Gasteiger partial charge in [0.15, 0.2) is 0 Å². The summed E-state index contributed by atoms with van der Waals surface area (Å²) in [6, 6.07) is 3.88. The van der Waals surface area contributed by atoms with Crippen LogP contribution in [0, 0.1) is 5.82 Å². The van der Waals surface area contributed by atoms with Gasteiger partial charge in [0.2, 0.25) is 10.0 Å². The summed E-state index contributed by atoms with van der Waals surface area (Å²) < 4.78 is 40.7. The Hall–Kier alpha value is -0.980. The Kier molecular flexibility index (Phi) is 5.06. The molecule has 4 nitrogen and oxygen atoms in total. The van der Waals surface area contributed by atoms with Crippen LogP contribution in [-0.4, -0.2) is 14.0 Å². The molecule has 0 fully saturated rings. The van der Waals surface area contributed by atoms with Crippen LogP contribution in [0.25, 0.3) is 0 Å². The molecule has 0 saturated heterocycles. The average Bonchev–Trinajstić information content (AvgIpc) is 2.27. The Morgan fingerprint density at radius 1 is 1.37 bits per heavy atom. The van der Waals surface area contributed by atoms with Crippen molar-refractivity contribution in [3.05, 3.63) is 29.6 Å². The van der Waals surface area contributed by atoms with Crippen molar-refractivity contribution in [1.82, 2.24) is 4.72 Å². The number of hydrogen-bond donors (Lipinski definition) is 2. The minimum absolute atomic E-state index is 0.168. The lowest BCUT2D eigenvalue weighted by Gasteiger charge is -2.25. The summed E-state index contributed by atoms with van der Waals surface area (Å²) in [5.74, 6) is -0.767. The first-order valence-corrected chi connectivity index (χ1v) is 7.72. The van der Waals surface area contributed by atoms with E-state index in [1.807, 2.05) is 6.92 Å². The van der Waals surface area contributed by atoms with E-state index in [2.05, 4.69) is 4.72 Å². The molecule has 1 rings (SSSR count). The molecule has 0 aliphatic rings. The van der Waals surface area contributed by atoms with Crippen LogP contribution in [0.15, 0.2) is 23.1 Å². The number of benzene rings is 1. The van der Waals surface area contributed by atoms with E-state index in [1.54, 1.807) is 13.8 Å². The van der Waals surface area contributed by atoms with Gasteiger partial charge in [0, 0.05) is 12.1 Å². The molecule has 0 bridgehead atoms. The fraction of sp³-hybridized carbons (Fsp3) is 0.538. The van der Waals surface area contributed by atoms with Gasteiger partial charge >= 0.3 is 0 Å². The predicted octanol–water partition coefficient (Wildman–Crippen LogP) is 2.14. The Bertz CT molecular complexity index is 542. The van der Waals surface area contributed by atoms with E-state index in [0.29, 0.717) is 12.0 Å². The second-order valence-electron chi connectivity index (χ2n) is 5.21. The monoisotopic (exact) mass is 288 g/mol. The second kappa shape index (κ2) is 5.98. The third-order valence-electron chi connectivity index (χ3n) is 2.81. The molecule has 3 N–H and O–H groups in total. The van der Waals surface area contributed by atoms with Crippen molar-refractivity contribution < 1.29 is 12.8 Å². The maximum atomic E-state index is 13.7. The zero-order valence-electron chi connectivity index (χ0n) is 11.5. The van der Waals surface area contributed by atoms with Crippen LogP contribution < -0.4 is 10.5 Å². The third-order valence-corrected chi connectivity index (χ3v) is 4.52. The van der Waals surface area contributed by atoms with Gasteiger partial charge in [0.05, 0.1) is 0 Å². The van der Waals surface area contributed by atoms with Crippen molar-refractivity contribution in [2.24, 2.45) is 5.73 Å². The molecular weight excluding hydrogens is 267 g/mol. The number of nitrogens with two attached hydrogens (primary N) is 1. The number of halogens is 1. The summed E-state index contributed by atoms with van der Waals surface area (Å²) in [5, 5.41) is 0. The van der Waals surface area contributed by atoms with Crippen LogP contribution in [0.1, 0.15) is 39.2 Å². The van der Waals surface area contributed by atoms with E-state index in [-0.39, 0.29) is 11.4 Å². The molecule has 0 saturated carbocycles. The van der Waals surface area contributed by atoms with E-state index < -0.39 is 21.4 Å². The SMILES string of the molecule is CCCC(C)(C)NS(=O)(=O)c1cc(CN)ccc1F. The zero-order chi connectivity index (χ0) is 14.7. The molecule has 6 heteroatoms. The molecule has 0 heterocycles. The molecule has 0 radical (unpaired) electrons. The molecule has 19 heavy (non-hydrogen) atoms. The molecule has 0 amide bonds. The van der Waals surface area contributed by atoms with Gasteiger partial charge in [-0.25, -0.2) is 17.5 Å². The molecule has 1 aromatic rings. The van der Waals surface area contributed by atoms with Crippen LogP contribution in [0.4, 0.5) is 4.39 Å². The number of nitrogens with one attached hydrogen (secondary N) is 1. The molecule has 108 valence electrons. The summed E-state index contributed by atoms with van der Waals surface area (Å²) in [5.41, 5.74) is 5.42. The molecule has 0 aliphatic heterocycles. The molecule has 0 unspecified atom stereocenters. The third kappa shape index (κ3) is 4.26. The first-order valence-electron chi connectivity index (χ1n) is 6.24.